The Morgan fingerprint density at radius 1 is 1.22 bits per heavy atom. The Balaban J connectivity index is 1.68. The van der Waals surface area contributed by atoms with E-state index in [1.807, 2.05) is 36.4 Å². The first-order chi connectivity index (χ1) is 13.2. The minimum Gasteiger partial charge on any atom is -0.401 e. The lowest BCUT2D eigenvalue weighted by Crippen LogP contribution is -2.11. The summed E-state index contributed by atoms with van der Waals surface area (Å²) in [6.45, 7) is 3.22. The number of carbonyl (C=O) groups is 1. The first kappa shape index (κ1) is 19.1. The second kappa shape index (κ2) is 9.30. The maximum Gasteiger partial charge on any atom is 0.385 e. The Bertz CT molecular complexity index is 866. The van der Waals surface area contributed by atoms with E-state index in [4.69, 9.17) is 21.1 Å². The van der Waals surface area contributed by atoms with E-state index < -0.39 is 5.97 Å². The van der Waals surface area contributed by atoms with Crippen LogP contribution >= 0.6 is 11.6 Å². The van der Waals surface area contributed by atoms with Crippen molar-refractivity contribution in [2.24, 2.45) is 10.1 Å². The van der Waals surface area contributed by atoms with Crippen molar-refractivity contribution in [3.8, 4) is 0 Å². The molecule has 2 aromatic rings. The second-order valence-corrected chi connectivity index (χ2v) is 6.34. The maximum absolute atomic E-state index is 12.0. The third kappa shape index (κ3) is 5.15. The van der Waals surface area contributed by atoms with Crippen molar-refractivity contribution in [2.45, 2.75) is 26.4 Å². The van der Waals surface area contributed by atoms with Gasteiger partial charge in [-0.2, -0.15) is 4.99 Å². The third-order valence-corrected chi connectivity index (χ3v) is 4.21. The Morgan fingerprint density at radius 3 is 2.81 bits per heavy atom. The molecule has 27 heavy (non-hydrogen) atoms. The highest BCUT2D eigenvalue weighted by Crippen LogP contribution is 2.22. The first-order valence-corrected chi connectivity index (χ1v) is 9.11. The number of anilines is 1. The normalized spacial score (nSPS) is 15.0. The summed E-state index contributed by atoms with van der Waals surface area (Å²) in [6, 6.07) is 14.5. The number of nitrogens with one attached hydrogen (secondary N) is 1. The topological polar surface area (TPSA) is 72.3 Å². The summed E-state index contributed by atoms with van der Waals surface area (Å²) >= 11 is 6.21. The largest absolute Gasteiger partial charge is 0.401 e. The molecule has 0 amide bonds. The fourth-order valence-corrected chi connectivity index (χ4v) is 2.55. The van der Waals surface area contributed by atoms with Crippen LogP contribution in [0.1, 0.15) is 30.9 Å². The highest BCUT2D eigenvalue weighted by atomic mass is 35.5. The molecule has 0 saturated heterocycles. The van der Waals surface area contributed by atoms with Crippen LogP contribution in [0.4, 0.5) is 5.69 Å². The fraction of sp³-hybridized carbons (Fsp3) is 0.250. The molecule has 2 aromatic carbocycles. The third-order valence-electron chi connectivity index (χ3n) is 3.84. The maximum atomic E-state index is 12.0. The molecule has 0 aromatic heterocycles. The number of cyclic esters (lactones) is 1. The smallest absolute Gasteiger partial charge is 0.385 e. The molecule has 0 saturated carbocycles. The number of hydrogen-bond acceptors (Lipinski definition) is 5. The van der Waals surface area contributed by atoms with E-state index >= 15 is 0 Å². The molecule has 140 valence electrons. The summed E-state index contributed by atoms with van der Waals surface area (Å²) in [4.78, 5) is 16.1. The lowest BCUT2D eigenvalue weighted by molar-refractivity contribution is -0.127. The van der Waals surface area contributed by atoms with Gasteiger partial charge in [-0.15, -0.1) is 5.10 Å². The lowest BCUT2D eigenvalue weighted by Gasteiger charge is -2.08. The Hall–Kier alpha value is -2.70. The van der Waals surface area contributed by atoms with Gasteiger partial charge in [0.1, 0.15) is 0 Å². The monoisotopic (exact) mass is 385 g/mol. The zero-order valence-corrected chi connectivity index (χ0v) is 15.7. The van der Waals surface area contributed by atoms with E-state index in [0.717, 1.165) is 18.4 Å². The molecular weight excluding hydrogens is 366 g/mol. The summed E-state index contributed by atoms with van der Waals surface area (Å²) in [5.41, 5.74) is 5.07. The van der Waals surface area contributed by atoms with Crippen molar-refractivity contribution in [2.75, 3.05) is 12.0 Å². The van der Waals surface area contributed by atoms with Crippen molar-refractivity contribution >= 4 is 35.0 Å². The minimum absolute atomic E-state index is 0.0375. The van der Waals surface area contributed by atoms with Gasteiger partial charge in [0.25, 0.3) is 5.84 Å². The van der Waals surface area contributed by atoms with Crippen LogP contribution in [0.25, 0.3) is 0 Å². The van der Waals surface area contributed by atoms with Gasteiger partial charge in [0, 0.05) is 17.2 Å². The van der Waals surface area contributed by atoms with Crippen molar-refractivity contribution in [1.82, 2.24) is 0 Å². The van der Waals surface area contributed by atoms with Gasteiger partial charge < -0.3 is 9.47 Å². The predicted molar refractivity (Wildman–Crippen MR) is 106 cm³/mol. The minimum atomic E-state index is -0.599. The van der Waals surface area contributed by atoms with E-state index in [2.05, 4.69) is 22.4 Å². The summed E-state index contributed by atoms with van der Waals surface area (Å²) in [7, 11) is 0. The van der Waals surface area contributed by atoms with Crippen molar-refractivity contribution in [3.63, 3.8) is 0 Å². The highest BCUT2D eigenvalue weighted by Gasteiger charge is 2.25. The Kier molecular flexibility index (Phi) is 6.57. The van der Waals surface area contributed by atoms with Crippen molar-refractivity contribution in [1.29, 1.82) is 0 Å². The van der Waals surface area contributed by atoms with Gasteiger partial charge in [0.05, 0.1) is 12.3 Å². The molecule has 0 atom stereocenters. The average molecular weight is 386 g/mol. The number of unbranched alkanes of at least 4 members (excludes halogenated alkanes) is 1. The number of carbonyl (C=O) groups excluding carboxylic acids is 1. The van der Waals surface area contributed by atoms with Crippen LogP contribution < -0.4 is 5.43 Å². The zero-order chi connectivity index (χ0) is 19.1. The molecule has 1 aliphatic heterocycles. The number of hydrazone groups is 1. The van der Waals surface area contributed by atoms with E-state index in [9.17, 15) is 4.79 Å². The van der Waals surface area contributed by atoms with Gasteiger partial charge in [-0.1, -0.05) is 43.1 Å². The van der Waals surface area contributed by atoms with Gasteiger partial charge >= 0.3 is 5.97 Å². The van der Waals surface area contributed by atoms with E-state index in [0.29, 0.717) is 29.5 Å². The predicted octanol–water partition coefficient (Wildman–Crippen LogP) is 4.39. The van der Waals surface area contributed by atoms with Crippen LogP contribution in [0.5, 0.6) is 0 Å². The average Bonchev–Trinajstić information content (AvgIpc) is 3.07. The number of esters is 1. The van der Waals surface area contributed by atoms with Crippen LogP contribution in [0, 0.1) is 0 Å². The van der Waals surface area contributed by atoms with Gasteiger partial charge in [0.2, 0.25) is 5.90 Å². The van der Waals surface area contributed by atoms with Crippen LogP contribution in [-0.4, -0.2) is 24.3 Å². The fourth-order valence-electron chi connectivity index (χ4n) is 2.37. The van der Waals surface area contributed by atoms with Crippen molar-refractivity contribution in [3.05, 3.63) is 64.7 Å². The number of aliphatic imine (C=N–C) groups is 1. The number of amidine groups is 1. The van der Waals surface area contributed by atoms with Crippen LogP contribution in [0.3, 0.4) is 0 Å². The van der Waals surface area contributed by atoms with Crippen LogP contribution in [-0.2, 0) is 20.9 Å². The molecule has 0 radical (unpaired) electrons. The number of benzene rings is 2. The molecule has 0 fully saturated rings. The molecule has 6 nitrogen and oxygen atoms in total. The number of hydrogen-bond donors (Lipinski definition) is 1. The van der Waals surface area contributed by atoms with Crippen molar-refractivity contribution < 1.29 is 14.3 Å². The SMILES string of the molecule is CCCCOCc1cc(N/N=C2/N=C(c3ccccc3)OC2=O)ccc1Cl. The zero-order valence-electron chi connectivity index (χ0n) is 14.9. The van der Waals surface area contributed by atoms with Gasteiger partial charge in [-0.3, -0.25) is 5.43 Å². The number of rotatable bonds is 8. The summed E-state index contributed by atoms with van der Waals surface area (Å²) in [6.07, 6.45) is 2.08. The summed E-state index contributed by atoms with van der Waals surface area (Å²) in [5.74, 6) is -0.398. The summed E-state index contributed by atoms with van der Waals surface area (Å²) < 4.78 is 10.8. The standard InChI is InChI=1S/C20H20ClN3O3/c1-2-3-11-26-13-15-12-16(9-10-17(15)21)23-24-18-20(25)27-19(22-18)14-7-5-4-6-8-14/h4-10,12,23H,2-3,11,13H2,1H3/b24-18+. The molecule has 0 spiro atoms. The highest BCUT2D eigenvalue weighted by molar-refractivity contribution is 6.43. The Morgan fingerprint density at radius 2 is 2.04 bits per heavy atom. The quantitative estimate of drug-likeness (QED) is 0.415. The molecule has 1 N–H and O–H groups in total. The van der Waals surface area contributed by atoms with E-state index in [1.54, 1.807) is 12.1 Å². The van der Waals surface area contributed by atoms with E-state index in [1.165, 1.54) is 0 Å². The van der Waals surface area contributed by atoms with E-state index in [-0.39, 0.29) is 11.7 Å². The van der Waals surface area contributed by atoms with Gasteiger partial charge in [0.15, 0.2) is 0 Å². The molecule has 0 bridgehead atoms. The van der Waals surface area contributed by atoms with Gasteiger partial charge in [-0.05, 0) is 42.3 Å². The van der Waals surface area contributed by atoms with Gasteiger partial charge in [-0.25, -0.2) is 4.79 Å². The molecule has 0 aliphatic carbocycles. The number of ether oxygens (including phenoxy) is 2. The summed E-state index contributed by atoms with van der Waals surface area (Å²) in [5, 5.41) is 4.67. The number of nitrogens with zero attached hydrogens (tertiary/aromatic N) is 2. The first-order valence-electron chi connectivity index (χ1n) is 8.73. The second-order valence-electron chi connectivity index (χ2n) is 5.93. The van der Waals surface area contributed by atoms with Crippen LogP contribution in [0.15, 0.2) is 58.6 Å². The molecule has 3 rings (SSSR count). The molecule has 0 unspecified atom stereocenters. The Labute approximate surface area is 162 Å². The molecular formula is C20H20ClN3O3. The number of halogens is 1. The lowest BCUT2D eigenvalue weighted by atomic mass is 10.2. The molecule has 7 heteroatoms. The molecule has 1 aliphatic rings. The van der Waals surface area contributed by atoms with Crippen LogP contribution in [0.2, 0.25) is 5.02 Å². The molecule has 1 heterocycles.